The molecule has 0 radical (unpaired) electrons. The van der Waals surface area contributed by atoms with Gasteiger partial charge >= 0.3 is 0 Å². The highest BCUT2D eigenvalue weighted by Gasteiger charge is 2.25. The van der Waals surface area contributed by atoms with E-state index in [1.54, 1.807) is 12.1 Å². The van der Waals surface area contributed by atoms with E-state index in [4.69, 9.17) is 0 Å². The predicted molar refractivity (Wildman–Crippen MR) is 135 cm³/mol. The van der Waals surface area contributed by atoms with Crippen molar-refractivity contribution in [3.8, 4) is 5.69 Å². The average Bonchev–Trinajstić information content (AvgIpc) is 2.90. The summed E-state index contributed by atoms with van der Waals surface area (Å²) >= 11 is 0. The first-order valence-electron chi connectivity index (χ1n) is 11.5. The number of benzene rings is 3. The summed E-state index contributed by atoms with van der Waals surface area (Å²) in [5, 5.41) is 5.63. The Bertz CT molecular complexity index is 1370. The molecule has 0 bridgehead atoms. The largest absolute Gasteiger partial charge is 0.335 e. The van der Waals surface area contributed by atoms with E-state index < -0.39 is 0 Å². The molecule has 4 aromatic rings. The molecule has 0 N–H and O–H groups in total. The highest BCUT2D eigenvalue weighted by molar-refractivity contribution is 6.04. The zero-order valence-electron chi connectivity index (χ0n) is 18.9. The molecule has 6 nitrogen and oxygen atoms in total. The summed E-state index contributed by atoms with van der Waals surface area (Å²) in [5.41, 5.74) is 1.91. The minimum atomic E-state index is -0.228. The van der Waals surface area contributed by atoms with E-state index in [-0.39, 0.29) is 11.5 Å². The van der Waals surface area contributed by atoms with Crippen LogP contribution in [-0.2, 0) is 0 Å². The lowest BCUT2D eigenvalue weighted by Crippen LogP contribution is -2.49. The van der Waals surface area contributed by atoms with Crippen molar-refractivity contribution in [3.63, 3.8) is 0 Å². The molecule has 2 heterocycles. The van der Waals surface area contributed by atoms with Crippen molar-refractivity contribution in [2.75, 3.05) is 32.7 Å². The quantitative estimate of drug-likeness (QED) is 0.463. The van der Waals surface area contributed by atoms with Crippen LogP contribution in [-0.4, -0.2) is 58.2 Å². The molecule has 0 aliphatic carbocycles. The molecule has 0 spiro atoms. The van der Waals surface area contributed by atoms with Crippen LogP contribution < -0.4 is 5.56 Å². The third kappa shape index (κ3) is 4.54. The lowest BCUT2D eigenvalue weighted by molar-refractivity contribution is 0.0645. The molecule has 1 fully saturated rings. The first-order chi connectivity index (χ1) is 16.7. The second kappa shape index (κ2) is 9.85. The second-order valence-corrected chi connectivity index (χ2v) is 8.35. The zero-order valence-corrected chi connectivity index (χ0v) is 18.9. The molecule has 0 saturated carbocycles. The van der Waals surface area contributed by atoms with Gasteiger partial charge in [-0.05, 0) is 23.8 Å². The summed E-state index contributed by atoms with van der Waals surface area (Å²) in [7, 11) is 0. The van der Waals surface area contributed by atoms with Gasteiger partial charge in [-0.2, -0.15) is 9.78 Å². The number of carbonyl (C=O) groups is 1. The third-order valence-electron chi connectivity index (χ3n) is 6.14. The lowest BCUT2D eigenvalue weighted by Gasteiger charge is -2.34. The van der Waals surface area contributed by atoms with Crippen molar-refractivity contribution in [3.05, 3.63) is 113 Å². The topological polar surface area (TPSA) is 58.4 Å². The van der Waals surface area contributed by atoms with Crippen molar-refractivity contribution in [1.82, 2.24) is 19.6 Å². The maximum atomic E-state index is 13.5. The summed E-state index contributed by atoms with van der Waals surface area (Å²) in [6, 6.07) is 26.7. The Labute approximate surface area is 198 Å². The van der Waals surface area contributed by atoms with Gasteiger partial charge < -0.3 is 4.90 Å². The fourth-order valence-corrected chi connectivity index (χ4v) is 4.28. The minimum Gasteiger partial charge on any atom is -0.335 e. The Balaban J connectivity index is 1.34. The Kier molecular flexibility index (Phi) is 6.31. The normalized spacial score (nSPS) is 14.6. The van der Waals surface area contributed by atoms with Crippen LogP contribution >= 0.6 is 0 Å². The Morgan fingerprint density at radius 2 is 1.41 bits per heavy atom. The first kappa shape index (κ1) is 21.8. The van der Waals surface area contributed by atoms with Crippen LogP contribution in [0.25, 0.3) is 22.5 Å². The summed E-state index contributed by atoms with van der Waals surface area (Å²) in [5.74, 6) is -0.139. The number of piperazine rings is 1. The number of amides is 1. The predicted octanol–water partition coefficient (Wildman–Crippen LogP) is 3.86. The van der Waals surface area contributed by atoms with E-state index in [0.29, 0.717) is 35.2 Å². The number of nitrogens with zero attached hydrogens (tertiary/aromatic N) is 4. The van der Waals surface area contributed by atoms with Gasteiger partial charge in [-0.15, -0.1) is 0 Å². The fraction of sp³-hybridized carbons (Fsp3) is 0.179. The number of fused-ring (bicyclic) bond motifs is 1. The first-order valence-corrected chi connectivity index (χ1v) is 11.5. The van der Waals surface area contributed by atoms with E-state index in [9.17, 15) is 9.59 Å². The standard InChI is InChI=1S/C28H26N4O2/c33-27-25-16-8-7-15-24(25)26(29-32(27)23-13-5-2-6-14-23)28(34)31-20-18-30(19-21-31)17-9-12-22-10-3-1-4-11-22/h1-16H,17-21H2. The van der Waals surface area contributed by atoms with E-state index in [0.717, 1.165) is 19.6 Å². The molecule has 34 heavy (non-hydrogen) atoms. The number of carbonyl (C=O) groups excluding carboxylic acids is 1. The SMILES string of the molecule is O=C(c1nn(-c2ccccc2)c(=O)c2ccccc12)N1CCN(CC=Cc2ccccc2)CC1. The smallest absolute Gasteiger partial charge is 0.279 e. The maximum Gasteiger partial charge on any atom is 0.279 e. The van der Waals surface area contributed by atoms with Crippen LogP contribution in [0.15, 0.2) is 95.8 Å². The summed E-state index contributed by atoms with van der Waals surface area (Å²) in [4.78, 5) is 30.8. The fourth-order valence-electron chi connectivity index (χ4n) is 4.28. The monoisotopic (exact) mass is 450 g/mol. The lowest BCUT2D eigenvalue weighted by atomic mass is 10.1. The molecule has 0 atom stereocenters. The van der Waals surface area contributed by atoms with E-state index in [1.807, 2.05) is 65.6 Å². The molecule has 170 valence electrons. The Morgan fingerprint density at radius 1 is 0.794 bits per heavy atom. The van der Waals surface area contributed by atoms with Gasteiger partial charge in [0.25, 0.3) is 11.5 Å². The molecule has 1 aliphatic rings. The van der Waals surface area contributed by atoms with Crippen molar-refractivity contribution in [1.29, 1.82) is 0 Å². The molecular weight excluding hydrogens is 424 g/mol. The van der Waals surface area contributed by atoms with E-state index >= 15 is 0 Å². The van der Waals surface area contributed by atoms with Gasteiger partial charge in [0, 0.05) is 38.1 Å². The molecule has 1 aliphatic heterocycles. The summed E-state index contributed by atoms with van der Waals surface area (Å²) in [6.45, 7) is 3.68. The van der Waals surface area contributed by atoms with Crippen LogP contribution in [0.4, 0.5) is 0 Å². The highest BCUT2D eigenvalue weighted by Crippen LogP contribution is 2.18. The maximum absolute atomic E-state index is 13.5. The molecule has 0 unspecified atom stereocenters. The minimum absolute atomic E-state index is 0.139. The molecule has 1 aromatic heterocycles. The van der Waals surface area contributed by atoms with Gasteiger partial charge in [0.1, 0.15) is 0 Å². The van der Waals surface area contributed by atoms with Crippen molar-refractivity contribution in [2.45, 2.75) is 0 Å². The average molecular weight is 451 g/mol. The van der Waals surface area contributed by atoms with Gasteiger partial charge in [-0.3, -0.25) is 14.5 Å². The van der Waals surface area contributed by atoms with Crippen molar-refractivity contribution in [2.24, 2.45) is 0 Å². The van der Waals surface area contributed by atoms with Crippen LogP contribution in [0.5, 0.6) is 0 Å². The number of aromatic nitrogens is 2. The Hall–Kier alpha value is -4.03. The summed E-state index contributed by atoms with van der Waals surface area (Å²) in [6.07, 6.45) is 4.29. The van der Waals surface area contributed by atoms with Crippen LogP contribution in [0.2, 0.25) is 0 Å². The van der Waals surface area contributed by atoms with Gasteiger partial charge in [-0.1, -0.05) is 78.9 Å². The highest BCUT2D eigenvalue weighted by atomic mass is 16.2. The third-order valence-corrected chi connectivity index (χ3v) is 6.14. The number of para-hydroxylation sites is 1. The van der Waals surface area contributed by atoms with E-state index in [2.05, 4.69) is 34.3 Å². The van der Waals surface area contributed by atoms with Crippen molar-refractivity contribution >= 4 is 22.8 Å². The Morgan fingerprint density at radius 3 is 2.12 bits per heavy atom. The van der Waals surface area contributed by atoms with Crippen LogP contribution in [0.1, 0.15) is 16.1 Å². The van der Waals surface area contributed by atoms with Crippen molar-refractivity contribution < 1.29 is 4.79 Å². The molecule has 1 amide bonds. The van der Waals surface area contributed by atoms with Gasteiger partial charge in [-0.25, -0.2) is 0 Å². The number of rotatable bonds is 5. The van der Waals surface area contributed by atoms with Gasteiger partial charge in [0.15, 0.2) is 5.69 Å². The number of hydrogen-bond acceptors (Lipinski definition) is 4. The van der Waals surface area contributed by atoms with Gasteiger partial charge in [0.05, 0.1) is 11.1 Å². The number of hydrogen-bond donors (Lipinski definition) is 0. The summed E-state index contributed by atoms with van der Waals surface area (Å²) < 4.78 is 1.33. The molecule has 3 aromatic carbocycles. The second-order valence-electron chi connectivity index (χ2n) is 8.35. The van der Waals surface area contributed by atoms with Crippen LogP contribution in [0, 0.1) is 0 Å². The molecule has 1 saturated heterocycles. The van der Waals surface area contributed by atoms with Crippen LogP contribution in [0.3, 0.4) is 0 Å². The zero-order chi connectivity index (χ0) is 23.3. The molecule has 6 heteroatoms. The van der Waals surface area contributed by atoms with E-state index in [1.165, 1.54) is 10.2 Å². The molecule has 5 rings (SSSR count). The molecular formula is C28H26N4O2. The van der Waals surface area contributed by atoms with Gasteiger partial charge in [0.2, 0.25) is 0 Å².